The van der Waals surface area contributed by atoms with Crippen molar-refractivity contribution in [3.8, 4) is 18.1 Å². The molecule has 1 aromatic rings. The van der Waals surface area contributed by atoms with Crippen molar-refractivity contribution in [2.75, 3.05) is 6.61 Å². The van der Waals surface area contributed by atoms with Crippen LogP contribution in [0.2, 0.25) is 5.02 Å². The second kappa shape index (κ2) is 6.71. The minimum Gasteiger partial charge on any atom is -0.493 e. The van der Waals surface area contributed by atoms with Gasteiger partial charge in [-0.25, -0.2) is 0 Å². The van der Waals surface area contributed by atoms with E-state index in [0.717, 1.165) is 46.9 Å². The quantitative estimate of drug-likeness (QED) is 0.709. The Morgan fingerprint density at radius 2 is 2.11 bits per heavy atom. The summed E-state index contributed by atoms with van der Waals surface area (Å²) in [5.74, 6) is 3.87. The molecule has 1 nitrogen and oxygen atoms in total. The van der Waals surface area contributed by atoms with Gasteiger partial charge in [0.05, 0.1) is 6.61 Å². The molecule has 2 heteroatoms. The molecule has 1 atom stereocenters. The van der Waals surface area contributed by atoms with Crippen molar-refractivity contribution in [1.29, 1.82) is 0 Å². The normalized spacial score (nSPS) is 12.0. The molecule has 0 N–H and O–H groups in total. The molecule has 1 rings (SSSR count). The molecule has 0 saturated carbocycles. The third-order valence-electron chi connectivity index (χ3n) is 3.03. The van der Waals surface area contributed by atoms with Crippen LogP contribution in [0.1, 0.15) is 37.0 Å². The first kappa shape index (κ1) is 14.9. The first-order valence-electron chi connectivity index (χ1n) is 6.38. The van der Waals surface area contributed by atoms with E-state index in [9.17, 15) is 0 Å². The third-order valence-corrected chi connectivity index (χ3v) is 3.61. The lowest BCUT2D eigenvalue weighted by Crippen LogP contribution is -2.06. The average molecular weight is 265 g/mol. The van der Waals surface area contributed by atoms with Gasteiger partial charge in [-0.1, -0.05) is 25.4 Å². The first-order valence-corrected chi connectivity index (χ1v) is 6.76. The fraction of sp³-hybridized carbons (Fsp3) is 0.500. The second-order valence-corrected chi connectivity index (χ2v) is 5.11. The van der Waals surface area contributed by atoms with Crippen molar-refractivity contribution in [3.05, 3.63) is 27.8 Å². The van der Waals surface area contributed by atoms with Crippen LogP contribution in [0.15, 0.2) is 6.07 Å². The highest BCUT2D eigenvalue weighted by Crippen LogP contribution is 2.33. The first-order chi connectivity index (χ1) is 8.51. The zero-order valence-corrected chi connectivity index (χ0v) is 12.4. The average Bonchev–Trinajstić information content (AvgIpc) is 2.37. The Morgan fingerprint density at radius 3 is 2.67 bits per heavy atom. The minimum absolute atomic E-state index is 0.187. The zero-order valence-electron chi connectivity index (χ0n) is 11.6. The van der Waals surface area contributed by atoms with Gasteiger partial charge >= 0.3 is 0 Å². The molecule has 18 heavy (non-hydrogen) atoms. The summed E-state index contributed by atoms with van der Waals surface area (Å²) in [6.45, 7) is 8.89. The number of halogens is 1. The molecule has 0 amide bonds. The largest absolute Gasteiger partial charge is 0.493 e. The van der Waals surface area contributed by atoms with Crippen LogP contribution in [-0.2, 0) is 6.42 Å². The van der Waals surface area contributed by atoms with Crippen LogP contribution in [0.25, 0.3) is 0 Å². The molecule has 0 fully saturated rings. The number of hydrogen-bond acceptors (Lipinski definition) is 1. The molecule has 0 spiro atoms. The van der Waals surface area contributed by atoms with E-state index in [1.54, 1.807) is 0 Å². The van der Waals surface area contributed by atoms with E-state index in [-0.39, 0.29) is 5.92 Å². The van der Waals surface area contributed by atoms with Crippen LogP contribution in [0.4, 0.5) is 0 Å². The molecule has 0 radical (unpaired) electrons. The maximum Gasteiger partial charge on any atom is 0.123 e. The topological polar surface area (TPSA) is 9.23 Å². The molecule has 1 aromatic carbocycles. The number of terminal acetylenes is 1. The Hall–Kier alpha value is -1.13. The molecule has 0 bridgehead atoms. The van der Waals surface area contributed by atoms with E-state index in [2.05, 4.69) is 12.8 Å². The molecule has 0 heterocycles. The van der Waals surface area contributed by atoms with Crippen molar-refractivity contribution >= 4 is 11.6 Å². The summed E-state index contributed by atoms with van der Waals surface area (Å²) >= 11 is 6.31. The second-order valence-electron chi connectivity index (χ2n) is 4.73. The molecular weight excluding hydrogens is 244 g/mol. The Labute approximate surface area is 115 Å². The lowest BCUT2D eigenvalue weighted by Gasteiger charge is -2.17. The molecule has 0 aliphatic heterocycles. The van der Waals surface area contributed by atoms with Gasteiger partial charge in [-0.05, 0) is 49.4 Å². The predicted molar refractivity (Wildman–Crippen MR) is 78.4 cm³/mol. The van der Waals surface area contributed by atoms with Crippen LogP contribution in [-0.4, -0.2) is 6.61 Å². The number of rotatable bonds is 5. The van der Waals surface area contributed by atoms with Crippen molar-refractivity contribution < 1.29 is 4.74 Å². The molecule has 1 unspecified atom stereocenters. The van der Waals surface area contributed by atoms with Crippen molar-refractivity contribution in [3.63, 3.8) is 0 Å². The van der Waals surface area contributed by atoms with Gasteiger partial charge in [0.15, 0.2) is 0 Å². The highest BCUT2D eigenvalue weighted by molar-refractivity contribution is 6.32. The van der Waals surface area contributed by atoms with Crippen LogP contribution in [0.5, 0.6) is 5.75 Å². The van der Waals surface area contributed by atoms with Gasteiger partial charge in [-0.15, -0.1) is 12.3 Å². The third kappa shape index (κ3) is 3.43. The van der Waals surface area contributed by atoms with Gasteiger partial charge in [0.2, 0.25) is 0 Å². The van der Waals surface area contributed by atoms with E-state index < -0.39 is 0 Å². The van der Waals surface area contributed by atoms with Crippen LogP contribution < -0.4 is 4.74 Å². The summed E-state index contributed by atoms with van der Waals surface area (Å²) in [6, 6.07) is 2.02. The summed E-state index contributed by atoms with van der Waals surface area (Å²) in [5, 5.41) is 0.818. The standard InChI is InChI=1S/C16H21ClO/c1-6-8-18-15-10-12(4)16(17)13(5)14(15)9-11(3)7-2/h2,10-11H,6,8-9H2,1,3-5H3. The van der Waals surface area contributed by atoms with E-state index >= 15 is 0 Å². The van der Waals surface area contributed by atoms with Crippen LogP contribution in [0.3, 0.4) is 0 Å². The number of ether oxygens (including phenoxy) is 1. The Kier molecular flexibility index (Phi) is 5.56. The van der Waals surface area contributed by atoms with E-state index in [4.69, 9.17) is 22.8 Å². The van der Waals surface area contributed by atoms with E-state index in [1.165, 1.54) is 0 Å². The highest BCUT2D eigenvalue weighted by Gasteiger charge is 2.14. The highest BCUT2D eigenvalue weighted by atomic mass is 35.5. The summed E-state index contributed by atoms with van der Waals surface area (Å²) in [7, 11) is 0. The fourth-order valence-electron chi connectivity index (χ4n) is 1.92. The molecule has 98 valence electrons. The summed E-state index contributed by atoms with van der Waals surface area (Å²) in [6.07, 6.45) is 7.26. The van der Waals surface area contributed by atoms with Gasteiger partial charge in [0.25, 0.3) is 0 Å². The smallest absolute Gasteiger partial charge is 0.123 e. The summed E-state index contributed by atoms with van der Waals surface area (Å²) < 4.78 is 5.82. The number of benzene rings is 1. The van der Waals surface area contributed by atoms with Crippen LogP contribution in [0, 0.1) is 32.1 Å². The van der Waals surface area contributed by atoms with Crippen LogP contribution >= 0.6 is 11.6 Å². The van der Waals surface area contributed by atoms with Gasteiger partial charge in [-0.2, -0.15) is 0 Å². The van der Waals surface area contributed by atoms with Crippen molar-refractivity contribution in [1.82, 2.24) is 0 Å². The van der Waals surface area contributed by atoms with Crippen molar-refractivity contribution in [2.45, 2.75) is 40.5 Å². The Bertz CT molecular complexity index is 457. The van der Waals surface area contributed by atoms with E-state index in [1.807, 2.05) is 26.8 Å². The lowest BCUT2D eigenvalue weighted by molar-refractivity contribution is 0.313. The van der Waals surface area contributed by atoms with E-state index in [0.29, 0.717) is 0 Å². The zero-order chi connectivity index (χ0) is 13.7. The SMILES string of the molecule is C#CC(C)Cc1c(OCCC)cc(C)c(Cl)c1C. The Balaban J connectivity index is 3.17. The predicted octanol–water partition coefficient (Wildman–Crippen LogP) is 4.56. The van der Waals surface area contributed by atoms with Crippen molar-refractivity contribution in [2.24, 2.45) is 5.92 Å². The maximum atomic E-state index is 6.31. The Morgan fingerprint density at radius 1 is 1.44 bits per heavy atom. The maximum absolute atomic E-state index is 6.31. The molecule has 0 saturated heterocycles. The summed E-state index contributed by atoms with van der Waals surface area (Å²) in [5.41, 5.74) is 3.28. The molecule has 0 aliphatic rings. The van der Waals surface area contributed by atoms with Gasteiger partial charge in [-0.3, -0.25) is 0 Å². The molecular formula is C16H21ClO. The number of aryl methyl sites for hydroxylation is 1. The minimum atomic E-state index is 0.187. The summed E-state index contributed by atoms with van der Waals surface area (Å²) in [4.78, 5) is 0. The molecule has 0 aliphatic carbocycles. The molecule has 0 aromatic heterocycles. The fourth-order valence-corrected chi connectivity index (χ4v) is 2.09. The van der Waals surface area contributed by atoms with Gasteiger partial charge in [0.1, 0.15) is 5.75 Å². The van der Waals surface area contributed by atoms with Gasteiger partial charge in [0, 0.05) is 10.9 Å². The number of hydrogen-bond donors (Lipinski definition) is 0. The van der Waals surface area contributed by atoms with Gasteiger partial charge < -0.3 is 4.74 Å². The lowest BCUT2D eigenvalue weighted by atomic mass is 9.95. The monoisotopic (exact) mass is 264 g/mol.